The van der Waals surface area contributed by atoms with E-state index in [-0.39, 0.29) is 36.0 Å². The Kier molecular flexibility index (Phi) is 11.9. The number of aliphatic hydroxyl groups excluding tert-OH is 1. The van der Waals surface area contributed by atoms with Crippen molar-refractivity contribution in [2.75, 3.05) is 45.9 Å². The first kappa shape index (κ1) is 34.7. The summed E-state index contributed by atoms with van der Waals surface area (Å²) in [7, 11) is 0. The van der Waals surface area contributed by atoms with Gasteiger partial charge in [0.15, 0.2) is 0 Å². The molecule has 2 aromatic rings. The third-order valence-electron chi connectivity index (χ3n) is 9.17. The van der Waals surface area contributed by atoms with E-state index in [1.165, 1.54) is 0 Å². The van der Waals surface area contributed by atoms with Crippen LogP contribution in [0, 0.1) is 5.92 Å². The van der Waals surface area contributed by atoms with Crippen LogP contribution in [0.1, 0.15) is 62.4 Å². The number of aliphatic hydroxyl groups is 1. The summed E-state index contributed by atoms with van der Waals surface area (Å²) in [6, 6.07) is 14.3. The summed E-state index contributed by atoms with van der Waals surface area (Å²) in [4.78, 5) is 45.7. The van der Waals surface area contributed by atoms with Crippen LogP contribution in [-0.2, 0) is 20.9 Å². The van der Waals surface area contributed by atoms with Gasteiger partial charge in [0.05, 0.1) is 19.3 Å². The first-order valence-electron chi connectivity index (χ1n) is 16.0. The van der Waals surface area contributed by atoms with Gasteiger partial charge in [-0.2, -0.15) is 0 Å². The molecular formula is C34H47ClN4O6. The van der Waals surface area contributed by atoms with Crippen molar-refractivity contribution < 1.29 is 29.0 Å². The zero-order chi connectivity index (χ0) is 31.3. The maximum atomic E-state index is 13.5. The number of nitrogens with zero attached hydrogens (tertiary/aromatic N) is 3. The standard InChI is InChI=1S/C34H46N4O6.ClH/c1-4-5-16-38-32(41)29(30(39)24(2)3)35-33(42)34(38)14-17-36(18-15-34)23-25-6-10-27(11-7-25)44-28-12-8-26(9-13-28)31(40)37-19-21-43-22-20-37;/h6-13,24,29-30,39H,4-5,14-23H2,1-3H3,(H,35,42);1H/t29-,30-;/m1./s1. The quantitative estimate of drug-likeness (QED) is 0.405. The largest absolute Gasteiger partial charge is 0.457 e. The Hall–Kier alpha value is -3.18. The molecule has 0 aliphatic carbocycles. The molecule has 2 N–H and O–H groups in total. The number of unbranched alkanes of at least 4 members (excludes halogenated alkanes) is 1. The van der Waals surface area contributed by atoms with E-state index in [9.17, 15) is 19.5 Å². The van der Waals surface area contributed by atoms with Crippen LogP contribution in [0.15, 0.2) is 48.5 Å². The fourth-order valence-corrected chi connectivity index (χ4v) is 6.35. The van der Waals surface area contributed by atoms with Gasteiger partial charge in [-0.15, -0.1) is 12.4 Å². The number of morpholine rings is 1. The summed E-state index contributed by atoms with van der Waals surface area (Å²) >= 11 is 0. The molecule has 0 bridgehead atoms. The van der Waals surface area contributed by atoms with Crippen LogP contribution in [0.3, 0.4) is 0 Å². The van der Waals surface area contributed by atoms with Crippen LogP contribution in [0.2, 0.25) is 0 Å². The van der Waals surface area contributed by atoms with E-state index in [4.69, 9.17) is 9.47 Å². The molecule has 11 heteroatoms. The topological polar surface area (TPSA) is 112 Å². The molecule has 5 rings (SSSR count). The number of piperazine rings is 1. The van der Waals surface area contributed by atoms with E-state index >= 15 is 0 Å². The second-order valence-corrected chi connectivity index (χ2v) is 12.5. The molecule has 1 spiro atoms. The van der Waals surface area contributed by atoms with Crippen LogP contribution in [0.5, 0.6) is 11.5 Å². The summed E-state index contributed by atoms with van der Waals surface area (Å²) < 4.78 is 11.4. The van der Waals surface area contributed by atoms with E-state index in [1.54, 1.807) is 21.9 Å². The zero-order valence-corrected chi connectivity index (χ0v) is 27.4. The molecule has 3 saturated heterocycles. The minimum absolute atomic E-state index is 0. The minimum Gasteiger partial charge on any atom is -0.457 e. The van der Waals surface area contributed by atoms with Gasteiger partial charge in [-0.3, -0.25) is 19.3 Å². The average Bonchev–Trinajstić information content (AvgIpc) is 3.04. The Labute approximate surface area is 272 Å². The Morgan fingerprint density at radius 1 is 1.00 bits per heavy atom. The van der Waals surface area contributed by atoms with Crippen molar-refractivity contribution in [3.05, 3.63) is 59.7 Å². The number of nitrogens with one attached hydrogen (secondary N) is 1. The van der Waals surface area contributed by atoms with Crippen LogP contribution in [0.4, 0.5) is 0 Å². The van der Waals surface area contributed by atoms with Gasteiger partial charge in [-0.05, 0) is 67.1 Å². The molecule has 2 aromatic carbocycles. The van der Waals surface area contributed by atoms with Crippen molar-refractivity contribution in [1.29, 1.82) is 0 Å². The summed E-state index contributed by atoms with van der Waals surface area (Å²) in [5.41, 5.74) is 0.900. The highest BCUT2D eigenvalue weighted by Gasteiger charge is 2.54. The number of hydrogen-bond donors (Lipinski definition) is 2. The normalized spacial score (nSPS) is 21.0. The third kappa shape index (κ3) is 7.80. The SMILES string of the molecule is CCCCN1C(=O)[C@@H]([C@H](O)C(C)C)NC(=O)C12CCN(Cc1ccc(Oc3ccc(C(=O)N4CCOCC4)cc3)cc1)CC2.Cl. The average molecular weight is 643 g/mol. The smallest absolute Gasteiger partial charge is 0.254 e. The van der Waals surface area contributed by atoms with Gasteiger partial charge < -0.3 is 29.7 Å². The number of hydrogen-bond acceptors (Lipinski definition) is 7. The summed E-state index contributed by atoms with van der Waals surface area (Å²) in [6.07, 6.45) is 1.95. The van der Waals surface area contributed by atoms with Gasteiger partial charge in [-0.1, -0.05) is 39.3 Å². The molecule has 10 nitrogen and oxygen atoms in total. The molecule has 3 aliphatic rings. The number of carbonyl (C=O) groups is 3. The van der Waals surface area contributed by atoms with E-state index in [2.05, 4.69) is 17.1 Å². The second-order valence-electron chi connectivity index (χ2n) is 12.5. The number of benzene rings is 2. The zero-order valence-electron chi connectivity index (χ0n) is 26.6. The van der Waals surface area contributed by atoms with Gasteiger partial charge in [0.2, 0.25) is 11.8 Å². The molecule has 0 aromatic heterocycles. The molecule has 2 atom stereocenters. The molecule has 3 heterocycles. The van der Waals surface area contributed by atoms with Gasteiger partial charge in [0.1, 0.15) is 23.1 Å². The minimum atomic E-state index is -0.913. The van der Waals surface area contributed by atoms with Gasteiger partial charge >= 0.3 is 0 Å². The van der Waals surface area contributed by atoms with Crippen molar-refractivity contribution in [2.24, 2.45) is 5.92 Å². The lowest BCUT2D eigenvalue weighted by molar-refractivity contribution is -0.165. The first-order valence-corrected chi connectivity index (χ1v) is 16.0. The number of rotatable bonds is 10. The Bertz CT molecular complexity index is 1290. The second kappa shape index (κ2) is 15.4. The lowest BCUT2D eigenvalue weighted by Gasteiger charge is -2.52. The molecule has 0 unspecified atom stereocenters. The first-order chi connectivity index (χ1) is 21.2. The maximum absolute atomic E-state index is 13.5. The van der Waals surface area contributed by atoms with Crippen molar-refractivity contribution >= 4 is 30.1 Å². The number of piperidine rings is 1. The third-order valence-corrected chi connectivity index (χ3v) is 9.17. The number of carbonyl (C=O) groups excluding carboxylic acids is 3. The summed E-state index contributed by atoms with van der Waals surface area (Å²) in [5.74, 6) is 0.932. The van der Waals surface area contributed by atoms with Crippen LogP contribution >= 0.6 is 12.4 Å². The Balaban J connectivity index is 0.00000461. The summed E-state index contributed by atoms with van der Waals surface area (Å²) in [6.45, 7) is 10.8. The lowest BCUT2D eigenvalue weighted by atomic mass is 9.80. The maximum Gasteiger partial charge on any atom is 0.254 e. The molecule has 3 amide bonds. The highest BCUT2D eigenvalue weighted by atomic mass is 35.5. The van der Waals surface area contributed by atoms with Crippen LogP contribution in [-0.4, -0.2) is 101 Å². The Morgan fingerprint density at radius 2 is 1.60 bits per heavy atom. The number of halogens is 1. The van der Waals surface area contributed by atoms with E-state index in [1.807, 2.05) is 50.2 Å². The molecule has 45 heavy (non-hydrogen) atoms. The van der Waals surface area contributed by atoms with Gasteiger partial charge in [0.25, 0.3) is 5.91 Å². The van der Waals surface area contributed by atoms with E-state index in [0.29, 0.717) is 75.8 Å². The predicted molar refractivity (Wildman–Crippen MR) is 174 cm³/mol. The van der Waals surface area contributed by atoms with Crippen LogP contribution < -0.4 is 10.1 Å². The number of likely N-dealkylation sites (tertiary alicyclic amines) is 1. The fourth-order valence-electron chi connectivity index (χ4n) is 6.35. The predicted octanol–water partition coefficient (Wildman–Crippen LogP) is 3.85. The molecule has 0 saturated carbocycles. The highest BCUT2D eigenvalue weighted by Crippen LogP contribution is 2.35. The van der Waals surface area contributed by atoms with Gasteiger partial charge in [0, 0.05) is 44.8 Å². The van der Waals surface area contributed by atoms with Crippen molar-refractivity contribution in [2.45, 2.75) is 70.7 Å². The molecule has 3 aliphatic heterocycles. The molecule has 3 fully saturated rings. The Morgan fingerprint density at radius 3 is 2.18 bits per heavy atom. The number of amides is 3. The van der Waals surface area contributed by atoms with Crippen molar-refractivity contribution in [3.63, 3.8) is 0 Å². The number of ether oxygens (including phenoxy) is 2. The molecule has 246 valence electrons. The van der Waals surface area contributed by atoms with E-state index in [0.717, 1.165) is 24.9 Å². The van der Waals surface area contributed by atoms with Crippen LogP contribution in [0.25, 0.3) is 0 Å². The molecule has 0 radical (unpaired) electrons. The lowest BCUT2D eigenvalue weighted by Crippen LogP contribution is -2.74. The highest BCUT2D eigenvalue weighted by molar-refractivity contribution is 6.00. The summed E-state index contributed by atoms with van der Waals surface area (Å²) in [5, 5.41) is 13.5. The van der Waals surface area contributed by atoms with Gasteiger partial charge in [-0.25, -0.2) is 0 Å². The monoisotopic (exact) mass is 642 g/mol. The fraction of sp³-hybridized carbons (Fsp3) is 0.559. The molecular weight excluding hydrogens is 596 g/mol. The van der Waals surface area contributed by atoms with Crippen molar-refractivity contribution in [3.8, 4) is 11.5 Å². The van der Waals surface area contributed by atoms with E-state index < -0.39 is 17.7 Å². The van der Waals surface area contributed by atoms with Crippen molar-refractivity contribution in [1.82, 2.24) is 20.0 Å².